The summed E-state index contributed by atoms with van der Waals surface area (Å²) in [5.74, 6) is 1.43. The van der Waals surface area contributed by atoms with Crippen LogP contribution in [0.5, 0.6) is 0 Å². The average molecular weight is 421 g/mol. The van der Waals surface area contributed by atoms with Crippen LogP contribution in [0.2, 0.25) is 0 Å². The van der Waals surface area contributed by atoms with Gasteiger partial charge in [-0.15, -0.1) is 0 Å². The Kier molecular flexibility index (Phi) is 5.90. The predicted octanol–water partition coefficient (Wildman–Crippen LogP) is 4.77. The van der Waals surface area contributed by atoms with E-state index in [2.05, 4.69) is 22.6 Å². The first kappa shape index (κ1) is 21.3. The third-order valence-electron chi connectivity index (χ3n) is 6.87. The van der Waals surface area contributed by atoms with Crippen LogP contribution < -0.4 is 5.32 Å². The molecule has 0 aromatic carbocycles. The molecule has 30 heavy (non-hydrogen) atoms. The summed E-state index contributed by atoms with van der Waals surface area (Å²) in [5.41, 5.74) is 0.623. The summed E-state index contributed by atoms with van der Waals surface area (Å²) in [6, 6.07) is 0.930. The molecule has 0 spiro atoms. The molecule has 5 nitrogen and oxygen atoms in total. The van der Waals surface area contributed by atoms with Crippen LogP contribution in [0.3, 0.4) is 0 Å². The molecular weight excluding hydrogens is 386 g/mol. The molecule has 3 heterocycles. The number of nitrogens with one attached hydrogen (secondary N) is 1. The molecule has 2 unspecified atom stereocenters. The monoisotopic (exact) mass is 420 g/mol. The van der Waals surface area contributed by atoms with Crippen LogP contribution in [0.15, 0.2) is 18.2 Å². The molecule has 1 aliphatic carbocycles. The van der Waals surface area contributed by atoms with E-state index in [9.17, 15) is 13.6 Å². The number of aromatic nitrogens is 2. The van der Waals surface area contributed by atoms with Crippen molar-refractivity contribution in [2.75, 3.05) is 18.4 Å². The highest BCUT2D eigenvalue weighted by atomic mass is 19.3. The second-order valence-electron chi connectivity index (χ2n) is 10.2. The maximum absolute atomic E-state index is 13.9. The van der Waals surface area contributed by atoms with Gasteiger partial charge in [-0.1, -0.05) is 32.9 Å². The topological polar surface area (TPSA) is 50.2 Å². The quantitative estimate of drug-likeness (QED) is 0.714. The Morgan fingerprint density at radius 2 is 2.13 bits per heavy atom. The lowest BCUT2D eigenvalue weighted by Crippen LogP contribution is -2.48. The molecule has 2 aliphatic heterocycles. The molecule has 1 fully saturated rings. The van der Waals surface area contributed by atoms with Gasteiger partial charge in [0.2, 0.25) is 5.91 Å². The Labute approximate surface area is 177 Å². The van der Waals surface area contributed by atoms with Crippen LogP contribution in [0, 0.1) is 11.8 Å². The van der Waals surface area contributed by atoms with Crippen LogP contribution in [0.4, 0.5) is 14.6 Å². The number of alkyl halides is 2. The fourth-order valence-electron chi connectivity index (χ4n) is 5.03. The van der Waals surface area contributed by atoms with Gasteiger partial charge in [-0.3, -0.25) is 4.79 Å². The van der Waals surface area contributed by atoms with E-state index in [0.29, 0.717) is 31.1 Å². The Morgan fingerprint density at radius 3 is 2.80 bits per heavy atom. The minimum Gasteiger partial charge on any atom is -0.367 e. The van der Waals surface area contributed by atoms with Crippen molar-refractivity contribution in [3.05, 3.63) is 23.9 Å². The minimum atomic E-state index is -2.46. The van der Waals surface area contributed by atoms with Gasteiger partial charge in [0.25, 0.3) is 6.43 Å². The second kappa shape index (κ2) is 8.31. The van der Waals surface area contributed by atoms with E-state index in [0.717, 1.165) is 37.9 Å². The lowest BCUT2D eigenvalue weighted by molar-refractivity contribution is -0.133. The molecule has 4 rings (SSSR count). The van der Waals surface area contributed by atoms with Gasteiger partial charge in [-0.05, 0) is 43.9 Å². The van der Waals surface area contributed by atoms with Crippen molar-refractivity contribution in [3.63, 3.8) is 0 Å². The Hall–Kier alpha value is -1.92. The first-order valence-electron chi connectivity index (χ1n) is 11.3. The maximum atomic E-state index is 13.9. The molecule has 1 amide bonds. The highest BCUT2D eigenvalue weighted by molar-refractivity contribution is 5.76. The fraction of sp³-hybridized carbons (Fsp3) is 0.739. The number of piperidine rings is 1. The SMILES string of the molecule is CC(C)(C)c1cc2n(n1)[C@@H](C(F)F)C[C@@H](C1CCCN(C(=O)CC3C=CCC3)C1)N2. The number of rotatable bonds is 4. The molecule has 1 saturated heterocycles. The van der Waals surface area contributed by atoms with Gasteiger partial charge in [0.05, 0.1) is 5.69 Å². The first-order chi connectivity index (χ1) is 14.2. The van der Waals surface area contributed by atoms with Gasteiger partial charge in [0.15, 0.2) is 0 Å². The number of anilines is 1. The van der Waals surface area contributed by atoms with Gasteiger partial charge < -0.3 is 10.2 Å². The minimum absolute atomic E-state index is 0.0667. The van der Waals surface area contributed by atoms with Crippen LogP contribution in [0.1, 0.15) is 71.0 Å². The van der Waals surface area contributed by atoms with Gasteiger partial charge in [0.1, 0.15) is 11.9 Å². The summed E-state index contributed by atoms with van der Waals surface area (Å²) in [5, 5.41) is 8.00. The number of halogens is 2. The van der Waals surface area contributed by atoms with Crippen molar-refractivity contribution in [2.24, 2.45) is 11.8 Å². The van der Waals surface area contributed by atoms with Gasteiger partial charge >= 0.3 is 0 Å². The average Bonchev–Trinajstić information content (AvgIpc) is 3.36. The standard InChI is InChI=1S/C23H34F2N4O/c1-23(2,3)19-13-20-26-17(12-18(22(24)25)29(20)27-19)16-9-6-10-28(14-16)21(30)11-15-7-4-5-8-15/h4,7,13,15-18,22,26H,5-6,8-12,14H2,1-3H3/t15?,16?,17-,18+/m0/s1. The first-order valence-corrected chi connectivity index (χ1v) is 11.3. The highest BCUT2D eigenvalue weighted by Crippen LogP contribution is 2.38. The number of carbonyl (C=O) groups excluding carboxylic acids is 1. The van der Waals surface area contributed by atoms with Gasteiger partial charge in [-0.25, -0.2) is 13.5 Å². The number of likely N-dealkylation sites (tertiary alicyclic amines) is 1. The number of allylic oxidation sites excluding steroid dienone is 2. The fourth-order valence-corrected chi connectivity index (χ4v) is 5.03. The molecule has 0 bridgehead atoms. The predicted molar refractivity (Wildman–Crippen MR) is 114 cm³/mol. The van der Waals surface area contributed by atoms with Gasteiger partial charge in [0, 0.05) is 37.0 Å². The Morgan fingerprint density at radius 1 is 1.33 bits per heavy atom. The number of nitrogens with zero attached hydrogens (tertiary/aromatic N) is 3. The highest BCUT2D eigenvalue weighted by Gasteiger charge is 2.39. The van der Waals surface area contributed by atoms with E-state index < -0.39 is 12.5 Å². The molecule has 4 atom stereocenters. The van der Waals surface area contributed by atoms with E-state index in [-0.39, 0.29) is 23.3 Å². The number of carbonyl (C=O) groups is 1. The Bertz CT molecular complexity index is 798. The summed E-state index contributed by atoms with van der Waals surface area (Å²) < 4.78 is 29.3. The van der Waals surface area contributed by atoms with Crippen LogP contribution in [-0.4, -0.2) is 46.1 Å². The van der Waals surface area contributed by atoms with Crippen molar-refractivity contribution in [1.29, 1.82) is 0 Å². The second-order valence-corrected chi connectivity index (χ2v) is 10.2. The van der Waals surface area contributed by atoms with Crippen molar-refractivity contribution in [3.8, 4) is 0 Å². The molecule has 1 aromatic heterocycles. The smallest absolute Gasteiger partial charge is 0.260 e. The van der Waals surface area contributed by atoms with Crippen molar-refractivity contribution in [1.82, 2.24) is 14.7 Å². The van der Waals surface area contributed by atoms with E-state index >= 15 is 0 Å². The van der Waals surface area contributed by atoms with E-state index in [4.69, 9.17) is 0 Å². The molecule has 3 aliphatic rings. The third kappa shape index (κ3) is 4.40. The van der Waals surface area contributed by atoms with Crippen molar-refractivity contribution < 1.29 is 13.6 Å². The molecule has 166 valence electrons. The van der Waals surface area contributed by atoms with Gasteiger partial charge in [-0.2, -0.15) is 5.10 Å². The summed E-state index contributed by atoms with van der Waals surface area (Å²) >= 11 is 0. The van der Waals surface area contributed by atoms with E-state index in [1.165, 1.54) is 4.68 Å². The Balaban J connectivity index is 1.47. The van der Waals surface area contributed by atoms with Crippen LogP contribution in [-0.2, 0) is 10.2 Å². The summed E-state index contributed by atoms with van der Waals surface area (Å²) in [4.78, 5) is 14.8. The van der Waals surface area contributed by atoms with E-state index in [1.807, 2.05) is 31.7 Å². The summed E-state index contributed by atoms with van der Waals surface area (Å²) in [6.45, 7) is 7.56. The zero-order valence-corrected chi connectivity index (χ0v) is 18.3. The number of amides is 1. The number of hydrogen-bond donors (Lipinski definition) is 1. The number of hydrogen-bond acceptors (Lipinski definition) is 3. The molecule has 7 heteroatoms. The van der Waals surface area contributed by atoms with Crippen LogP contribution in [0.25, 0.3) is 0 Å². The lowest BCUT2D eigenvalue weighted by Gasteiger charge is -2.41. The zero-order chi connectivity index (χ0) is 21.5. The molecular formula is C23H34F2N4O. The van der Waals surface area contributed by atoms with Crippen molar-refractivity contribution >= 4 is 11.7 Å². The molecule has 1 N–H and O–H groups in total. The van der Waals surface area contributed by atoms with Crippen molar-refractivity contribution in [2.45, 2.75) is 83.2 Å². The summed E-state index contributed by atoms with van der Waals surface area (Å²) in [7, 11) is 0. The molecule has 0 saturated carbocycles. The normalized spacial score (nSPS) is 29.2. The third-order valence-corrected chi connectivity index (χ3v) is 6.87. The summed E-state index contributed by atoms with van der Waals surface area (Å²) in [6.07, 6.45) is 6.77. The van der Waals surface area contributed by atoms with Crippen LogP contribution >= 0.6 is 0 Å². The molecule has 1 aromatic rings. The van der Waals surface area contributed by atoms with E-state index in [1.54, 1.807) is 0 Å². The maximum Gasteiger partial charge on any atom is 0.260 e. The largest absolute Gasteiger partial charge is 0.367 e. The number of fused-ring (bicyclic) bond motifs is 1. The zero-order valence-electron chi connectivity index (χ0n) is 18.3. The molecule has 0 radical (unpaired) electrons. The lowest BCUT2D eigenvalue weighted by atomic mass is 9.85.